The second-order valence-corrected chi connectivity index (χ2v) is 8.23. The van der Waals surface area contributed by atoms with E-state index in [1.165, 1.54) is 8.61 Å². The lowest BCUT2D eigenvalue weighted by Crippen LogP contribution is -2.47. The van der Waals surface area contributed by atoms with Gasteiger partial charge in [0, 0.05) is 31.6 Å². The minimum Gasteiger partial charge on any atom is -0.396 e. The van der Waals surface area contributed by atoms with Crippen molar-refractivity contribution in [2.45, 2.75) is 25.8 Å². The molecule has 2 unspecified atom stereocenters. The Morgan fingerprint density at radius 3 is 2.95 bits per heavy atom. The third kappa shape index (κ3) is 3.23. The molecule has 20 heavy (non-hydrogen) atoms. The number of aliphatic hydroxyl groups is 1. The first-order valence-corrected chi connectivity index (χ1v) is 9.12. The van der Waals surface area contributed by atoms with E-state index >= 15 is 0 Å². The van der Waals surface area contributed by atoms with Crippen LogP contribution in [-0.4, -0.2) is 48.9 Å². The van der Waals surface area contributed by atoms with Gasteiger partial charge in [-0.2, -0.15) is 17.0 Å². The molecule has 1 aliphatic rings. The normalized spacial score (nSPS) is 23.1. The fourth-order valence-corrected chi connectivity index (χ4v) is 5.01. The van der Waals surface area contributed by atoms with Gasteiger partial charge in [-0.3, -0.25) is 0 Å². The van der Waals surface area contributed by atoms with E-state index in [9.17, 15) is 13.5 Å². The van der Waals surface area contributed by atoms with Crippen LogP contribution in [0.3, 0.4) is 0 Å². The van der Waals surface area contributed by atoms with E-state index in [1.807, 2.05) is 24.4 Å². The van der Waals surface area contributed by atoms with Crippen LogP contribution in [0.15, 0.2) is 17.5 Å². The maximum absolute atomic E-state index is 12.7. The Bertz CT molecular complexity index is 516. The van der Waals surface area contributed by atoms with Crippen LogP contribution in [0, 0.1) is 5.92 Å². The highest BCUT2D eigenvalue weighted by molar-refractivity contribution is 7.86. The van der Waals surface area contributed by atoms with E-state index in [1.54, 1.807) is 18.4 Å². The molecule has 1 aliphatic heterocycles. The van der Waals surface area contributed by atoms with Crippen molar-refractivity contribution in [2.24, 2.45) is 5.92 Å². The van der Waals surface area contributed by atoms with Crippen LogP contribution in [0.5, 0.6) is 0 Å². The van der Waals surface area contributed by atoms with E-state index in [-0.39, 0.29) is 18.6 Å². The molecule has 0 saturated carbocycles. The quantitative estimate of drug-likeness (QED) is 0.899. The zero-order valence-corrected chi connectivity index (χ0v) is 13.5. The number of piperidine rings is 1. The lowest BCUT2D eigenvalue weighted by atomic mass is 10.0. The second kappa shape index (κ2) is 6.53. The van der Waals surface area contributed by atoms with Crippen LogP contribution in [0.25, 0.3) is 0 Å². The molecule has 0 radical (unpaired) electrons. The molecule has 0 aromatic carbocycles. The van der Waals surface area contributed by atoms with Gasteiger partial charge >= 0.3 is 0 Å². The maximum atomic E-state index is 12.7. The van der Waals surface area contributed by atoms with Crippen molar-refractivity contribution in [3.05, 3.63) is 22.4 Å². The molecule has 0 aliphatic carbocycles. The van der Waals surface area contributed by atoms with Gasteiger partial charge in [0.1, 0.15) is 0 Å². The molecule has 1 saturated heterocycles. The van der Waals surface area contributed by atoms with Gasteiger partial charge in [0.05, 0.1) is 6.04 Å². The van der Waals surface area contributed by atoms with Gasteiger partial charge in [-0.25, -0.2) is 0 Å². The minimum atomic E-state index is -3.47. The Kier molecular flexibility index (Phi) is 5.19. The lowest BCUT2D eigenvalue weighted by Gasteiger charge is -2.35. The van der Waals surface area contributed by atoms with Crippen molar-refractivity contribution < 1.29 is 13.5 Å². The molecular weight excluding hydrogens is 296 g/mol. The molecule has 1 aromatic rings. The largest absolute Gasteiger partial charge is 0.396 e. The fraction of sp³-hybridized carbons (Fsp3) is 0.692. The molecule has 0 spiro atoms. The van der Waals surface area contributed by atoms with Crippen molar-refractivity contribution in [1.29, 1.82) is 0 Å². The molecule has 0 amide bonds. The summed E-state index contributed by atoms with van der Waals surface area (Å²) in [5.41, 5.74) is 0. The van der Waals surface area contributed by atoms with E-state index < -0.39 is 10.2 Å². The van der Waals surface area contributed by atoms with Gasteiger partial charge in [-0.15, -0.1) is 11.3 Å². The summed E-state index contributed by atoms with van der Waals surface area (Å²) in [6, 6.07) is 3.71. The number of hydrogen-bond donors (Lipinski definition) is 1. The molecule has 1 fully saturated rings. The Balaban J connectivity index is 2.13. The number of aliphatic hydroxyl groups excluding tert-OH is 1. The summed E-state index contributed by atoms with van der Waals surface area (Å²) in [6.07, 6.45) is 1.71. The van der Waals surface area contributed by atoms with Gasteiger partial charge in [-0.1, -0.05) is 6.07 Å². The molecule has 2 atom stereocenters. The Labute approximate surface area is 125 Å². The van der Waals surface area contributed by atoms with E-state index in [2.05, 4.69) is 0 Å². The highest BCUT2D eigenvalue weighted by atomic mass is 32.2. The van der Waals surface area contributed by atoms with Crippen molar-refractivity contribution in [3.8, 4) is 0 Å². The number of thiophene rings is 1. The minimum absolute atomic E-state index is 0.0518. The summed E-state index contributed by atoms with van der Waals surface area (Å²) in [6.45, 7) is 2.91. The molecular formula is C13H22N2O3S2. The molecule has 7 heteroatoms. The topological polar surface area (TPSA) is 60.9 Å². The molecule has 0 bridgehead atoms. The van der Waals surface area contributed by atoms with Crippen LogP contribution in [0.2, 0.25) is 0 Å². The van der Waals surface area contributed by atoms with Crippen LogP contribution < -0.4 is 0 Å². The smallest absolute Gasteiger partial charge is 0.282 e. The zero-order valence-electron chi connectivity index (χ0n) is 11.9. The lowest BCUT2D eigenvalue weighted by molar-refractivity contribution is 0.160. The average molecular weight is 318 g/mol. The zero-order chi connectivity index (χ0) is 14.8. The van der Waals surface area contributed by atoms with Crippen LogP contribution in [0.1, 0.15) is 30.7 Å². The predicted molar refractivity (Wildman–Crippen MR) is 80.8 cm³/mol. The molecule has 1 aromatic heterocycles. The summed E-state index contributed by atoms with van der Waals surface area (Å²) in [7, 11) is -1.84. The second-order valence-electron chi connectivity index (χ2n) is 5.26. The molecule has 114 valence electrons. The van der Waals surface area contributed by atoms with Crippen LogP contribution in [-0.2, 0) is 10.2 Å². The van der Waals surface area contributed by atoms with E-state index in [4.69, 9.17) is 0 Å². The van der Waals surface area contributed by atoms with Crippen molar-refractivity contribution in [3.63, 3.8) is 0 Å². The third-order valence-corrected chi connectivity index (χ3v) is 7.00. The highest BCUT2D eigenvalue weighted by Gasteiger charge is 2.34. The van der Waals surface area contributed by atoms with Crippen LogP contribution in [0.4, 0.5) is 0 Å². The molecule has 2 rings (SSSR count). The summed E-state index contributed by atoms with van der Waals surface area (Å²) in [4.78, 5) is 1.03. The van der Waals surface area contributed by atoms with Crippen molar-refractivity contribution in [1.82, 2.24) is 8.61 Å². The standard InChI is InChI=1S/C13H22N2O3S2/c1-11(13-6-4-8-19-13)14(2)20(17,18)15-7-3-5-12(9-15)10-16/h4,6,8,11-12,16H,3,5,7,9-10H2,1-2H3. The van der Waals surface area contributed by atoms with E-state index in [0.717, 1.165) is 17.7 Å². The Morgan fingerprint density at radius 1 is 1.60 bits per heavy atom. The number of rotatable bonds is 5. The average Bonchev–Trinajstić information content (AvgIpc) is 3.00. The van der Waals surface area contributed by atoms with Crippen molar-refractivity contribution >= 4 is 21.5 Å². The first-order valence-electron chi connectivity index (χ1n) is 6.84. The van der Waals surface area contributed by atoms with Crippen molar-refractivity contribution in [2.75, 3.05) is 26.7 Å². The Morgan fingerprint density at radius 2 is 2.35 bits per heavy atom. The summed E-state index contributed by atoms with van der Waals surface area (Å²) in [5.74, 6) is 0.0592. The summed E-state index contributed by atoms with van der Waals surface area (Å²) in [5, 5.41) is 11.2. The number of hydrogen-bond acceptors (Lipinski definition) is 4. The third-order valence-electron chi connectivity index (χ3n) is 3.93. The maximum Gasteiger partial charge on any atom is 0.282 e. The first kappa shape index (κ1) is 15.9. The summed E-state index contributed by atoms with van der Waals surface area (Å²) >= 11 is 1.56. The van der Waals surface area contributed by atoms with Gasteiger partial charge in [0.2, 0.25) is 0 Å². The van der Waals surface area contributed by atoms with Crippen LogP contribution >= 0.6 is 11.3 Å². The predicted octanol–water partition coefficient (Wildman–Crippen LogP) is 1.69. The molecule has 1 N–H and O–H groups in total. The summed E-state index contributed by atoms with van der Waals surface area (Å²) < 4.78 is 28.2. The SMILES string of the molecule is CC(c1cccs1)N(C)S(=O)(=O)N1CCCC(CO)C1. The molecule has 2 heterocycles. The highest BCUT2D eigenvalue weighted by Crippen LogP contribution is 2.28. The van der Waals surface area contributed by atoms with Gasteiger partial charge in [0.25, 0.3) is 10.2 Å². The Hall–Kier alpha value is -0.470. The van der Waals surface area contributed by atoms with E-state index in [0.29, 0.717) is 13.1 Å². The van der Waals surface area contributed by atoms with Gasteiger partial charge in [0.15, 0.2) is 0 Å². The fourth-order valence-electron chi connectivity index (χ4n) is 2.48. The monoisotopic (exact) mass is 318 g/mol. The number of nitrogens with zero attached hydrogens (tertiary/aromatic N) is 2. The molecule has 5 nitrogen and oxygen atoms in total. The first-order chi connectivity index (χ1) is 9.46. The van der Waals surface area contributed by atoms with Gasteiger partial charge in [-0.05, 0) is 37.1 Å². The van der Waals surface area contributed by atoms with Gasteiger partial charge < -0.3 is 5.11 Å².